The SMILES string of the molecule is c1ccc(Cc2ccccc2COC2CN3CCC2CC3)cc1. The van der Waals surface area contributed by atoms with E-state index in [1.807, 2.05) is 0 Å². The molecule has 3 saturated heterocycles. The van der Waals surface area contributed by atoms with Crippen molar-refractivity contribution in [2.45, 2.75) is 32.0 Å². The standard InChI is InChI=1S/C21H25NO/c1-2-6-17(7-3-1)14-19-8-4-5-9-20(19)16-23-21-15-22-12-10-18(21)11-13-22/h1-9,18,21H,10-16H2. The summed E-state index contributed by atoms with van der Waals surface area (Å²) < 4.78 is 6.34. The van der Waals surface area contributed by atoms with Crippen molar-refractivity contribution in [3.05, 3.63) is 71.3 Å². The number of fused-ring (bicyclic) bond motifs is 3. The molecule has 2 heteroatoms. The van der Waals surface area contributed by atoms with Crippen LogP contribution < -0.4 is 0 Å². The van der Waals surface area contributed by atoms with Gasteiger partial charge < -0.3 is 9.64 Å². The summed E-state index contributed by atoms with van der Waals surface area (Å²) in [5, 5.41) is 0. The maximum Gasteiger partial charge on any atom is 0.0735 e. The van der Waals surface area contributed by atoms with E-state index in [4.69, 9.17) is 4.74 Å². The molecule has 2 nitrogen and oxygen atoms in total. The van der Waals surface area contributed by atoms with Gasteiger partial charge in [-0.15, -0.1) is 0 Å². The van der Waals surface area contributed by atoms with Crippen molar-refractivity contribution in [3.8, 4) is 0 Å². The van der Waals surface area contributed by atoms with E-state index in [1.165, 1.54) is 42.6 Å². The second kappa shape index (κ2) is 6.86. The average molecular weight is 307 g/mol. The molecule has 0 N–H and O–H groups in total. The molecule has 120 valence electrons. The van der Waals surface area contributed by atoms with Crippen molar-refractivity contribution >= 4 is 0 Å². The smallest absolute Gasteiger partial charge is 0.0735 e. The highest BCUT2D eigenvalue weighted by Gasteiger charge is 2.34. The van der Waals surface area contributed by atoms with Gasteiger partial charge in [-0.05, 0) is 55.0 Å². The number of nitrogens with zero attached hydrogens (tertiary/aromatic N) is 1. The second-order valence-corrected chi connectivity index (χ2v) is 6.92. The fraction of sp³-hybridized carbons (Fsp3) is 0.429. The van der Waals surface area contributed by atoms with Crippen LogP contribution in [0.15, 0.2) is 54.6 Å². The van der Waals surface area contributed by atoms with Gasteiger partial charge in [0.25, 0.3) is 0 Å². The molecule has 5 rings (SSSR count). The molecule has 1 atom stereocenters. The molecule has 2 bridgehead atoms. The molecular weight excluding hydrogens is 282 g/mol. The molecule has 0 spiro atoms. The summed E-state index contributed by atoms with van der Waals surface area (Å²) in [6.07, 6.45) is 4.05. The second-order valence-electron chi connectivity index (χ2n) is 6.92. The van der Waals surface area contributed by atoms with Crippen molar-refractivity contribution < 1.29 is 4.74 Å². The van der Waals surface area contributed by atoms with Crippen LogP contribution in [-0.4, -0.2) is 30.6 Å². The highest BCUT2D eigenvalue weighted by atomic mass is 16.5. The number of hydrogen-bond donors (Lipinski definition) is 0. The van der Waals surface area contributed by atoms with Gasteiger partial charge in [-0.25, -0.2) is 0 Å². The van der Waals surface area contributed by atoms with Gasteiger partial charge in [0.15, 0.2) is 0 Å². The first-order chi connectivity index (χ1) is 11.4. The normalized spacial score (nSPS) is 26.3. The molecular formula is C21H25NO. The van der Waals surface area contributed by atoms with Crippen LogP contribution in [0.25, 0.3) is 0 Å². The number of ether oxygens (including phenoxy) is 1. The van der Waals surface area contributed by atoms with Gasteiger partial charge in [-0.3, -0.25) is 0 Å². The number of rotatable bonds is 5. The molecule has 0 radical (unpaired) electrons. The molecule has 3 heterocycles. The summed E-state index contributed by atoms with van der Waals surface area (Å²) in [6, 6.07) is 19.4. The summed E-state index contributed by atoms with van der Waals surface area (Å²) >= 11 is 0. The Bertz CT molecular complexity index is 631. The minimum Gasteiger partial charge on any atom is -0.372 e. The fourth-order valence-electron chi connectivity index (χ4n) is 3.98. The lowest BCUT2D eigenvalue weighted by atomic mass is 9.86. The summed E-state index contributed by atoms with van der Waals surface area (Å²) in [6.45, 7) is 4.42. The molecule has 3 aliphatic heterocycles. The van der Waals surface area contributed by atoms with E-state index in [9.17, 15) is 0 Å². The monoisotopic (exact) mass is 307 g/mol. The Morgan fingerprint density at radius 3 is 2.26 bits per heavy atom. The van der Waals surface area contributed by atoms with E-state index in [0.29, 0.717) is 6.10 Å². The molecule has 0 amide bonds. The van der Waals surface area contributed by atoms with Crippen LogP contribution >= 0.6 is 0 Å². The van der Waals surface area contributed by atoms with E-state index in [1.54, 1.807) is 0 Å². The summed E-state index contributed by atoms with van der Waals surface area (Å²) in [5.41, 5.74) is 4.09. The molecule has 0 saturated carbocycles. The Hall–Kier alpha value is -1.64. The van der Waals surface area contributed by atoms with E-state index in [-0.39, 0.29) is 0 Å². The lowest BCUT2D eigenvalue weighted by Crippen LogP contribution is -2.51. The average Bonchev–Trinajstić information content (AvgIpc) is 2.63. The molecule has 2 aromatic rings. The van der Waals surface area contributed by atoms with Crippen molar-refractivity contribution in [3.63, 3.8) is 0 Å². The highest BCUT2D eigenvalue weighted by molar-refractivity contribution is 5.32. The van der Waals surface area contributed by atoms with Crippen molar-refractivity contribution in [2.24, 2.45) is 5.92 Å². The zero-order valence-corrected chi connectivity index (χ0v) is 13.7. The number of benzene rings is 2. The third-order valence-electron chi connectivity index (χ3n) is 5.40. The first-order valence-corrected chi connectivity index (χ1v) is 8.83. The molecule has 23 heavy (non-hydrogen) atoms. The van der Waals surface area contributed by atoms with E-state index < -0.39 is 0 Å². The summed E-state index contributed by atoms with van der Waals surface area (Å²) in [7, 11) is 0. The largest absolute Gasteiger partial charge is 0.372 e. The van der Waals surface area contributed by atoms with Gasteiger partial charge in [-0.1, -0.05) is 54.6 Å². The van der Waals surface area contributed by atoms with Crippen molar-refractivity contribution in [1.29, 1.82) is 0 Å². The minimum atomic E-state index is 0.433. The van der Waals surface area contributed by atoms with Crippen LogP contribution in [0.1, 0.15) is 29.5 Å². The van der Waals surface area contributed by atoms with Gasteiger partial charge in [0.1, 0.15) is 0 Å². The van der Waals surface area contributed by atoms with Gasteiger partial charge in [0.2, 0.25) is 0 Å². The van der Waals surface area contributed by atoms with Crippen molar-refractivity contribution in [1.82, 2.24) is 4.90 Å². The van der Waals surface area contributed by atoms with Gasteiger partial charge in [0, 0.05) is 6.54 Å². The maximum atomic E-state index is 6.34. The number of hydrogen-bond acceptors (Lipinski definition) is 2. The van der Waals surface area contributed by atoms with Gasteiger partial charge in [-0.2, -0.15) is 0 Å². The van der Waals surface area contributed by atoms with Crippen LogP contribution in [-0.2, 0) is 17.8 Å². The maximum absolute atomic E-state index is 6.34. The first kappa shape index (κ1) is 14.9. The fourth-order valence-corrected chi connectivity index (χ4v) is 3.98. The highest BCUT2D eigenvalue weighted by Crippen LogP contribution is 2.30. The van der Waals surface area contributed by atoms with Gasteiger partial charge >= 0.3 is 0 Å². The Balaban J connectivity index is 1.43. The topological polar surface area (TPSA) is 12.5 Å². The summed E-state index contributed by atoms with van der Waals surface area (Å²) in [4.78, 5) is 2.56. The first-order valence-electron chi connectivity index (χ1n) is 8.83. The van der Waals surface area contributed by atoms with Gasteiger partial charge in [0.05, 0.1) is 12.7 Å². The van der Waals surface area contributed by atoms with Crippen LogP contribution in [0.4, 0.5) is 0 Å². The molecule has 0 aromatic heterocycles. The molecule has 2 aromatic carbocycles. The zero-order chi connectivity index (χ0) is 15.5. The molecule has 1 unspecified atom stereocenters. The van der Waals surface area contributed by atoms with E-state index >= 15 is 0 Å². The van der Waals surface area contributed by atoms with Crippen LogP contribution in [0.2, 0.25) is 0 Å². The molecule has 0 aliphatic carbocycles. The Kier molecular flexibility index (Phi) is 4.45. The summed E-state index contributed by atoms with van der Waals surface area (Å²) in [5.74, 6) is 0.779. The predicted molar refractivity (Wildman–Crippen MR) is 93.4 cm³/mol. The van der Waals surface area contributed by atoms with E-state index in [2.05, 4.69) is 59.5 Å². The van der Waals surface area contributed by atoms with Crippen LogP contribution in [0.5, 0.6) is 0 Å². The lowest BCUT2D eigenvalue weighted by molar-refractivity contribution is -0.0767. The third-order valence-corrected chi connectivity index (χ3v) is 5.40. The van der Waals surface area contributed by atoms with Crippen molar-refractivity contribution in [2.75, 3.05) is 19.6 Å². The Morgan fingerprint density at radius 2 is 1.57 bits per heavy atom. The zero-order valence-electron chi connectivity index (χ0n) is 13.7. The molecule has 3 fully saturated rings. The van der Waals surface area contributed by atoms with Crippen LogP contribution in [0.3, 0.4) is 0 Å². The molecule has 3 aliphatic rings. The predicted octanol–water partition coefficient (Wildman–Crippen LogP) is 3.89. The Labute approximate surface area is 139 Å². The Morgan fingerprint density at radius 1 is 0.870 bits per heavy atom. The van der Waals surface area contributed by atoms with E-state index in [0.717, 1.165) is 25.5 Å². The number of piperidine rings is 3. The third kappa shape index (κ3) is 3.49. The lowest BCUT2D eigenvalue weighted by Gasteiger charge is -2.44. The minimum absolute atomic E-state index is 0.433. The quantitative estimate of drug-likeness (QED) is 0.831. The van der Waals surface area contributed by atoms with Crippen LogP contribution in [0, 0.1) is 5.92 Å².